The van der Waals surface area contributed by atoms with Crippen molar-refractivity contribution >= 4 is 23.0 Å². The molecule has 0 bridgehead atoms. The molecule has 0 N–H and O–H groups in total. The lowest BCUT2D eigenvalue weighted by Crippen LogP contribution is -1.93. The SMILES string of the molecule is CC(=Nc1cccc(F)c1)c1ccc(Cl)cc1. The van der Waals surface area contributed by atoms with Gasteiger partial charge in [0.15, 0.2) is 0 Å². The van der Waals surface area contributed by atoms with E-state index in [9.17, 15) is 4.39 Å². The number of hydrogen-bond acceptors (Lipinski definition) is 1. The summed E-state index contributed by atoms with van der Waals surface area (Å²) >= 11 is 5.81. The highest BCUT2D eigenvalue weighted by atomic mass is 35.5. The van der Waals surface area contributed by atoms with Crippen LogP contribution < -0.4 is 0 Å². The van der Waals surface area contributed by atoms with Gasteiger partial charge in [0.25, 0.3) is 0 Å². The van der Waals surface area contributed by atoms with Gasteiger partial charge in [-0.05, 0) is 42.8 Å². The quantitative estimate of drug-likeness (QED) is 0.687. The van der Waals surface area contributed by atoms with Gasteiger partial charge in [0, 0.05) is 10.7 Å². The molecule has 0 aliphatic carbocycles. The Morgan fingerprint density at radius 1 is 1.12 bits per heavy atom. The van der Waals surface area contributed by atoms with Gasteiger partial charge in [0.1, 0.15) is 5.82 Å². The maximum atomic E-state index is 13.0. The lowest BCUT2D eigenvalue weighted by atomic mass is 10.1. The molecule has 0 radical (unpaired) electrons. The van der Waals surface area contributed by atoms with Crippen molar-refractivity contribution in [3.8, 4) is 0 Å². The molecule has 0 aliphatic rings. The fourth-order valence-electron chi connectivity index (χ4n) is 1.49. The minimum absolute atomic E-state index is 0.282. The first-order chi connectivity index (χ1) is 8.15. The molecule has 17 heavy (non-hydrogen) atoms. The summed E-state index contributed by atoms with van der Waals surface area (Å²) in [5.74, 6) is -0.282. The van der Waals surface area contributed by atoms with Gasteiger partial charge in [-0.3, -0.25) is 4.99 Å². The van der Waals surface area contributed by atoms with Crippen LogP contribution in [-0.2, 0) is 0 Å². The maximum absolute atomic E-state index is 13.0. The number of aliphatic imine (C=N–C) groups is 1. The highest BCUT2D eigenvalue weighted by Crippen LogP contribution is 2.16. The third kappa shape index (κ3) is 3.14. The second kappa shape index (κ2) is 5.11. The third-order valence-corrected chi connectivity index (χ3v) is 2.62. The van der Waals surface area contributed by atoms with Gasteiger partial charge in [-0.25, -0.2) is 4.39 Å². The zero-order valence-electron chi connectivity index (χ0n) is 9.32. The topological polar surface area (TPSA) is 12.4 Å². The van der Waals surface area contributed by atoms with Crippen LogP contribution in [0.15, 0.2) is 53.5 Å². The van der Waals surface area contributed by atoms with Crippen LogP contribution in [0.4, 0.5) is 10.1 Å². The second-order valence-electron chi connectivity index (χ2n) is 3.68. The summed E-state index contributed by atoms with van der Waals surface area (Å²) in [6.45, 7) is 1.88. The number of rotatable bonds is 2. The zero-order valence-corrected chi connectivity index (χ0v) is 10.1. The molecule has 0 aliphatic heterocycles. The summed E-state index contributed by atoms with van der Waals surface area (Å²) in [4.78, 5) is 4.35. The summed E-state index contributed by atoms with van der Waals surface area (Å²) in [5, 5.41) is 0.687. The highest BCUT2D eigenvalue weighted by molar-refractivity contribution is 6.30. The first-order valence-electron chi connectivity index (χ1n) is 5.22. The molecule has 0 amide bonds. The monoisotopic (exact) mass is 247 g/mol. The Bertz CT molecular complexity index is 546. The van der Waals surface area contributed by atoms with E-state index in [0.717, 1.165) is 11.3 Å². The van der Waals surface area contributed by atoms with Crippen molar-refractivity contribution in [3.63, 3.8) is 0 Å². The van der Waals surface area contributed by atoms with Gasteiger partial charge in [-0.15, -0.1) is 0 Å². The molecule has 0 atom stereocenters. The normalized spacial score (nSPS) is 11.6. The van der Waals surface area contributed by atoms with Gasteiger partial charge < -0.3 is 0 Å². The van der Waals surface area contributed by atoms with Crippen LogP contribution in [-0.4, -0.2) is 5.71 Å². The van der Waals surface area contributed by atoms with Crippen LogP contribution in [0.2, 0.25) is 5.02 Å². The van der Waals surface area contributed by atoms with Crippen LogP contribution in [0, 0.1) is 5.82 Å². The number of benzene rings is 2. The summed E-state index contributed by atoms with van der Waals surface area (Å²) in [6.07, 6.45) is 0. The van der Waals surface area contributed by atoms with E-state index >= 15 is 0 Å². The van der Waals surface area contributed by atoms with Gasteiger partial charge >= 0.3 is 0 Å². The molecule has 0 heterocycles. The Morgan fingerprint density at radius 2 is 1.82 bits per heavy atom. The van der Waals surface area contributed by atoms with E-state index in [4.69, 9.17) is 11.6 Å². The van der Waals surface area contributed by atoms with Crippen LogP contribution in [0.5, 0.6) is 0 Å². The van der Waals surface area contributed by atoms with Crippen molar-refractivity contribution in [3.05, 3.63) is 64.9 Å². The van der Waals surface area contributed by atoms with E-state index in [1.165, 1.54) is 12.1 Å². The minimum Gasteiger partial charge on any atom is -0.253 e. The predicted molar refractivity (Wildman–Crippen MR) is 69.7 cm³/mol. The molecule has 2 aromatic carbocycles. The molecular formula is C14H11ClFN. The summed E-state index contributed by atoms with van der Waals surface area (Å²) < 4.78 is 13.0. The minimum atomic E-state index is -0.282. The molecule has 0 fully saturated rings. The molecular weight excluding hydrogens is 237 g/mol. The van der Waals surface area contributed by atoms with E-state index in [2.05, 4.69) is 4.99 Å². The van der Waals surface area contributed by atoms with E-state index in [-0.39, 0.29) is 5.82 Å². The molecule has 2 aromatic rings. The van der Waals surface area contributed by atoms with Gasteiger partial charge in [0.2, 0.25) is 0 Å². The summed E-state index contributed by atoms with van der Waals surface area (Å²) in [6, 6.07) is 13.6. The average Bonchev–Trinajstić information content (AvgIpc) is 2.29. The van der Waals surface area contributed by atoms with E-state index in [1.807, 2.05) is 31.2 Å². The fourth-order valence-corrected chi connectivity index (χ4v) is 1.62. The second-order valence-corrected chi connectivity index (χ2v) is 4.12. The van der Waals surface area contributed by atoms with Gasteiger partial charge in [-0.1, -0.05) is 29.8 Å². The van der Waals surface area contributed by atoms with Gasteiger partial charge in [-0.2, -0.15) is 0 Å². The van der Waals surface area contributed by atoms with Crippen molar-refractivity contribution in [2.75, 3.05) is 0 Å². The first-order valence-corrected chi connectivity index (χ1v) is 5.60. The average molecular weight is 248 g/mol. The fraction of sp³-hybridized carbons (Fsp3) is 0.0714. The standard InChI is InChI=1S/C14H11ClFN/c1-10(11-5-7-12(15)8-6-11)17-14-4-2-3-13(16)9-14/h2-9H,1H3. The number of nitrogens with zero attached hydrogens (tertiary/aromatic N) is 1. The lowest BCUT2D eigenvalue weighted by Gasteiger charge is -2.01. The molecule has 3 heteroatoms. The maximum Gasteiger partial charge on any atom is 0.125 e. The zero-order chi connectivity index (χ0) is 12.3. The molecule has 86 valence electrons. The Morgan fingerprint density at radius 3 is 2.47 bits per heavy atom. The van der Waals surface area contributed by atoms with Crippen molar-refractivity contribution in [1.29, 1.82) is 0 Å². The van der Waals surface area contributed by atoms with Crippen LogP contribution in [0.3, 0.4) is 0 Å². The molecule has 1 nitrogen and oxygen atoms in total. The third-order valence-electron chi connectivity index (χ3n) is 2.37. The van der Waals surface area contributed by atoms with Crippen LogP contribution in [0.25, 0.3) is 0 Å². The van der Waals surface area contributed by atoms with Crippen molar-refractivity contribution in [1.82, 2.24) is 0 Å². The van der Waals surface area contributed by atoms with Crippen molar-refractivity contribution in [2.24, 2.45) is 4.99 Å². The summed E-state index contributed by atoms with van der Waals surface area (Å²) in [7, 11) is 0. The molecule has 0 saturated carbocycles. The number of hydrogen-bond donors (Lipinski definition) is 0. The van der Waals surface area contributed by atoms with E-state index in [0.29, 0.717) is 10.7 Å². The predicted octanol–water partition coefficient (Wildman–Crippen LogP) is 4.62. The van der Waals surface area contributed by atoms with Crippen LogP contribution in [0.1, 0.15) is 12.5 Å². The Kier molecular flexibility index (Phi) is 3.55. The molecule has 0 aromatic heterocycles. The van der Waals surface area contributed by atoms with Gasteiger partial charge in [0.05, 0.1) is 5.69 Å². The van der Waals surface area contributed by atoms with E-state index in [1.54, 1.807) is 12.1 Å². The van der Waals surface area contributed by atoms with Crippen molar-refractivity contribution in [2.45, 2.75) is 6.92 Å². The largest absolute Gasteiger partial charge is 0.253 e. The Balaban J connectivity index is 2.30. The van der Waals surface area contributed by atoms with Crippen molar-refractivity contribution < 1.29 is 4.39 Å². The smallest absolute Gasteiger partial charge is 0.125 e. The molecule has 0 unspecified atom stereocenters. The highest BCUT2D eigenvalue weighted by Gasteiger charge is 1.98. The first kappa shape index (κ1) is 11.8. The van der Waals surface area contributed by atoms with E-state index < -0.39 is 0 Å². The van der Waals surface area contributed by atoms with Crippen LogP contribution >= 0.6 is 11.6 Å². The molecule has 0 spiro atoms. The molecule has 2 rings (SSSR count). The Labute approximate surface area is 105 Å². The Hall–Kier alpha value is -1.67. The molecule has 0 saturated heterocycles. The lowest BCUT2D eigenvalue weighted by molar-refractivity contribution is 0.628. The summed E-state index contributed by atoms with van der Waals surface area (Å²) in [5.41, 5.74) is 2.41. The number of halogens is 2.